The summed E-state index contributed by atoms with van der Waals surface area (Å²) in [5, 5.41) is 2.18. The molecule has 9 heteroatoms. The molecule has 1 rings (SSSR count). The monoisotopic (exact) mass is 335 g/mol. The summed E-state index contributed by atoms with van der Waals surface area (Å²) in [7, 11) is -2.53. The van der Waals surface area contributed by atoms with Gasteiger partial charge in [0.05, 0.1) is 4.90 Å². The summed E-state index contributed by atoms with van der Waals surface area (Å²) >= 11 is 5.62. The Morgan fingerprint density at radius 2 is 2.05 bits per heavy atom. The number of hydrogen-bond donors (Lipinski definition) is 3. The molecular weight excluding hydrogens is 318 g/mol. The van der Waals surface area contributed by atoms with Crippen LogP contribution in [0.2, 0.25) is 5.02 Å². The Morgan fingerprint density at radius 3 is 2.52 bits per heavy atom. The van der Waals surface area contributed by atoms with Crippen molar-refractivity contribution in [2.45, 2.75) is 31.2 Å². The molecule has 1 heterocycles. The standard InChI is InChI=1S/C12H18ClN3O4S/c1-7(2)4-10(12(18)14-3)16-21(19,20)8-5-9(13)11(17)15-6-8/h5-7,10,16H,4H2,1-3H3,(H,14,18)(H,15,17). The third-order valence-corrected chi connectivity index (χ3v) is 4.44. The number of hydrogen-bond acceptors (Lipinski definition) is 4. The lowest BCUT2D eigenvalue weighted by Gasteiger charge is -2.19. The van der Waals surface area contributed by atoms with Crippen LogP contribution in [0.5, 0.6) is 0 Å². The van der Waals surface area contributed by atoms with Crippen molar-refractivity contribution in [2.75, 3.05) is 7.05 Å². The van der Waals surface area contributed by atoms with E-state index in [0.717, 1.165) is 12.3 Å². The first-order valence-corrected chi connectivity index (χ1v) is 8.15. The molecule has 21 heavy (non-hydrogen) atoms. The zero-order chi connectivity index (χ0) is 16.2. The van der Waals surface area contributed by atoms with Crippen LogP contribution in [-0.4, -0.2) is 32.4 Å². The van der Waals surface area contributed by atoms with E-state index in [4.69, 9.17) is 11.6 Å². The fourth-order valence-corrected chi connectivity index (χ4v) is 3.14. The lowest BCUT2D eigenvalue weighted by atomic mass is 10.0. The number of likely N-dealkylation sites (N-methyl/N-ethyl adjacent to an activating group) is 1. The third-order valence-electron chi connectivity index (χ3n) is 2.71. The lowest BCUT2D eigenvalue weighted by Crippen LogP contribution is -2.46. The van der Waals surface area contributed by atoms with E-state index in [-0.39, 0.29) is 15.8 Å². The van der Waals surface area contributed by atoms with Crippen molar-refractivity contribution in [3.8, 4) is 0 Å². The molecule has 118 valence electrons. The molecule has 1 aromatic heterocycles. The second kappa shape index (κ2) is 7.06. The molecule has 0 bridgehead atoms. The minimum Gasteiger partial charge on any atom is -0.358 e. The van der Waals surface area contributed by atoms with Crippen LogP contribution in [0.1, 0.15) is 20.3 Å². The molecule has 1 aromatic rings. The van der Waals surface area contributed by atoms with E-state index in [1.54, 1.807) is 0 Å². The zero-order valence-electron chi connectivity index (χ0n) is 11.9. The second-order valence-electron chi connectivity index (χ2n) is 4.93. The first-order valence-electron chi connectivity index (χ1n) is 6.29. The maximum Gasteiger partial charge on any atom is 0.266 e. The highest BCUT2D eigenvalue weighted by Gasteiger charge is 2.26. The van der Waals surface area contributed by atoms with Crippen LogP contribution in [0.15, 0.2) is 22.0 Å². The molecule has 0 radical (unpaired) electrons. The fourth-order valence-electron chi connectivity index (χ4n) is 1.70. The van der Waals surface area contributed by atoms with Gasteiger partial charge in [-0.3, -0.25) is 9.59 Å². The van der Waals surface area contributed by atoms with Crippen molar-refractivity contribution in [3.05, 3.63) is 27.6 Å². The molecule has 7 nitrogen and oxygen atoms in total. The number of nitrogens with one attached hydrogen (secondary N) is 3. The number of aromatic amines is 1. The molecule has 0 fully saturated rings. The van der Waals surface area contributed by atoms with E-state index in [1.165, 1.54) is 7.05 Å². The van der Waals surface area contributed by atoms with E-state index in [1.807, 2.05) is 13.8 Å². The van der Waals surface area contributed by atoms with Crippen molar-refractivity contribution in [1.29, 1.82) is 0 Å². The predicted octanol–water partition coefficient (Wildman–Crippen LogP) is 0.467. The highest BCUT2D eigenvalue weighted by atomic mass is 35.5. The molecule has 0 aromatic carbocycles. The minimum atomic E-state index is -3.96. The van der Waals surface area contributed by atoms with Gasteiger partial charge in [-0.15, -0.1) is 0 Å². The van der Waals surface area contributed by atoms with Gasteiger partial charge in [0.2, 0.25) is 15.9 Å². The lowest BCUT2D eigenvalue weighted by molar-refractivity contribution is -0.122. The fraction of sp³-hybridized carbons (Fsp3) is 0.500. The Bertz CT molecular complexity index is 669. The van der Waals surface area contributed by atoms with Crippen molar-refractivity contribution < 1.29 is 13.2 Å². The molecule has 1 unspecified atom stereocenters. The SMILES string of the molecule is CNC(=O)C(CC(C)C)NS(=O)(=O)c1c[nH]c(=O)c(Cl)c1. The number of pyridine rings is 1. The van der Waals surface area contributed by atoms with E-state index in [2.05, 4.69) is 15.0 Å². The van der Waals surface area contributed by atoms with Gasteiger partial charge in [0.15, 0.2) is 0 Å². The van der Waals surface area contributed by atoms with E-state index >= 15 is 0 Å². The molecule has 3 N–H and O–H groups in total. The van der Waals surface area contributed by atoms with Crippen LogP contribution in [0, 0.1) is 5.92 Å². The van der Waals surface area contributed by atoms with Crippen molar-refractivity contribution in [1.82, 2.24) is 15.0 Å². The average molecular weight is 336 g/mol. The summed E-state index contributed by atoms with van der Waals surface area (Å²) < 4.78 is 26.8. The van der Waals surface area contributed by atoms with Crippen molar-refractivity contribution >= 4 is 27.5 Å². The van der Waals surface area contributed by atoms with Crippen LogP contribution >= 0.6 is 11.6 Å². The number of H-pyrrole nitrogens is 1. The number of aromatic nitrogens is 1. The predicted molar refractivity (Wildman–Crippen MR) is 79.7 cm³/mol. The van der Waals surface area contributed by atoms with Crippen LogP contribution in [0.3, 0.4) is 0 Å². The number of halogens is 1. The van der Waals surface area contributed by atoms with Gasteiger partial charge >= 0.3 is 0 Å². The number of amides is 1. The largest absolute Gasteiger partial charge is 0.358 e. The molecular formula is C12H18ClN3O4S. The number of sulfonamides is 1. The van der Waals surface area contributed by atoms with Crippen LogP contribution in [0.4, 0.5) is 0 Å². The molecule has 1 amide bonds. The Labute approximate surface area is 128 Å². The Morgan fingerprint density at radius 1 is 1.43 bits per heavy atom. The maximum atomic E-state index is 12.2. The van der Waals surface area contributed by atoms with Gasteiger partial charge in [-0.25, -0.2) is 8.42 Å². The summed E-state index contributed by atoms with van der Waals surface area (Å²) in [6.07, 6.45) is 1.38. The summed E-state index contributed by atoms with van der Waals surface area (Å²) in [5.41, 5.74) is -0.583. The van der Waals surface area contributed by atoms with E-state index in [9.17, 15) is 18.0 Å². The van der Waals surface area contributed by atoms with Crippen LogP contribution in [0.25, 0.3) is 0 Å². The van der Waals surface area contributed by atoms with Crippen LogP contribution < -0.4 is 15.6 Å². The van der Waals surface area contributed by atoms with E-state index < -0.39 is 27.5 Å². The normalized spacial score (nSPS) is 13.2. The van der Waals surface area contributed by atoms with Crippen molar-refractivity contribution in [3.63, 3.8) is 0 Å². The molecule has 0 aliphatic heterocycles. The molecule has 0 saturated heterocycles. The summed E-state index contributed by atoms with van der Waals surface area (Å²) in [4.78, 5) is 24.9. The highest BCUT2D eigenvalue weighted by Crippen LogP contribution is 2.13. The Balaban J connectivity index is 3.07. The second-order valence-corrected chi connectivity index (χ2v) is 7.05. The van der Waals surface area contributed by atoms with E-state index in [0.29, 0.717) is 6.42 Å². The summed E-state index contributed by atoms with van der Waals surface area (Å²) in [6, 6.07) is 0.143. The summed E-state index contributed by atoms with van der Waals surface area (Å²) in [5.74, 6) is -0.308. The van der Waals surface area contributed by atoms with Gasteiger partial charge in [0.1, 0.15) is 11.1 Å². The topological polar surface area (TPSA) is 108 Å². The minimum absolute atomic E-state index is 0.120. The highest BCUT2D eigenvalue weighted by molar-refractivity contribution is 7.89. The Hall–Kier alpha value is -1.38. The molecule has 0 aliphatic carbocycles. The van der Waals surface area contributed by atoms with Gasteiger partial charge in [-0.2, -0.15) is 4.72 Å². The molecule has 0 spiro atoms. The molecule has 0 saturated carbocycles. The Kier molecular flexibility index (Phi) is 5.94. The van der Waals surface area contributed by atoms with Gasteiger partial charge in [0, 0.05) is 13.2 Å². The third kappa shape index (κ3) is 4.83. The van der Waals surface area contributed by atoms with Crippen molar-refractivity contribution in [2.24, 2.45) is 5.92 Å². The molecule has 1 atom stereocenters. The van der Waals surface area contributed by atoms with Gasteiger partial charge < -0.3 is 10.3 Å². The number of rotatable bonds is 6. The first kappa shape index (κ1) is 17.7. The van der Waals surface area contributed by atoms with Gasteiger partial charge in [-0.05, 0) is 18.4 Å². The van der Waals surface area contributed by atoms with Gasteiger partial charge in [0.25, 0.3) is 5.56 Å². The first-order chi connectivity index (χ1) is 9.67. The van der Waals surface area contributed by atoms with Crippen LogP contribution in [-0.2, 0) is 14.8 Å². The zero-order valence-corrected chi connectivity index (χ0v) is 13.5. The van der Waals surface area contributed by atoms with Gasteiger partial charge in [-0.1, -0.05) is 25.4 Å². The summed E-state index contributed by atoms with van der Waals surface area (Å²) in [6.45, 7) is 3.75. The maximum absolute atomic E-state index is 12.2. The average Bonchev–Trinajstić information content (AvgIpc) is 2.39. The number of carbonyl (C=O) groups excluding carboxylic acids is 1. The number of carbonyl (C=O) groups is 1. The smallest absolute Gasteiger partial charge is 0.266 e. The molecule has 0 aliphatic rings. The quantitative estimate of drug-likeness (QED) is 0.702.